The minimum atomic E-state index is -0.839. The molecule has 0 radical (unpaired) electrons. The molecular weight excluding hydrogens is 394 g/mol. The highest BCUT2D eigenvalue weighted by Gasteiger charge is 2.16. The zero-order chi connectivity index (χ0) is 19.4. The van der Waals surface area contributed by atoms with E-state index >= 15 is 0 Å². The smallest absolute Gasteiger partial charge is 0.326 e. The van der Waals surface area contributed by atoms with E-state index in [-0.39, 0.29) is 28.2 Å². The second-order valence-corrected chi connectivity index (χ2v) is 7.30. The van der Waals surface area contributed by atoms with Gasteiger partial charge in [-0.15, -0.1) is 11.3 Å². The Balaban J connectivity index is 2.06. The number of thiophene rings is 1. The largest absolute Gasteiger partial charge is 0.465 e. The lowest BCUT2D eigenvalue weighted by Crippen LogP contribution is -2.23. The Morgan fingerprint density at radius 2 is 2.15 bits per heavy atom. The Hall–Kier alpha value is -2.65. The standard InChI is InChI=1S/C18H14F2N2O3S2/c1-2-25-16(24)10-22-17-13(20)8-11(19)9-14(17)27-18(22)21-15(23)6-5-12-4-3-7-26-12/h3-9H,2,10H2,1H3. The average Bonchev–Trinajstić information content (AvgIpc) is 3.22. The van der Waals surface area contributed by atoms with E-state index in [0.29, 0.717) is 0 Å². The van der Waals surface area contributed by atoms with E-state index in [9.17, 15) is 18.4 Å². The predicted molar refractivity (Wildman–Crippen MR) is 100 cm³/mol. The summed E-state index contributed by atoms with van der Waals surface area (Å²) >= 11 is 2.38. The monoisotopic (exact) mass is 408 g/mol. The molecule has 1 amide bonds. The minimum absolute atomic E-state index is 0.00300. The molecule has 0 atom stereocenters. The molecule has 0 fully saturated rings. The number of fused-ring (bicyclic) bond motifs is 1. The Labute approximate surface area is 160 Å². The van der Waals surface area contributed by atoms with Gasteiger partial charge in [0.2, 0.25) is 0 Å². The molecule has 9 heteroatoms. The third kappa shape index (κ3) is 4.55. The molecule has 5 nitrogen and oxygen atoms in total. The number of hydrogen-bond acceptors (Lipinski definition) is 5. The van der Waals surface area contributed by atoms with Crippen molar-refractivity contribution in [2.45, 2.75) is 13.5 Å². The van der Waals surface area contributed by atoms with E-state index in [1.807, 2.05) is 17.5 Å². The number of carbonyl (C=O) groups excluding carboxylic acids is 2. The summed E-state index contributed by atoms with van der Waals surface area (Å²) in [4.78, 5) is 28.9. The van der Waals surface area contributed by atoms with Crippen LogP contribution >= 0.6 is 22.7 Å². The number of hydrogen-bond donors (Lipinski definition) is 0. The van der Waals surface area contributed by atoms with Crippen molar-refractivity contribution >= 4 is 50.8 Å². The molecule has 0 saturated carbocycles. The Morgan fingerprint density at radius 3 is 2.85 bits per heavy atom. The fourth-order valence-electron chi connectivity index (χ4n) is 2.37. The van der Waals surface area contributed by atoms with E-state index in [1.54, 1.807) is 13.0 Å². The van der Waals surface area contributed by atoms with E-state index in [1.165, 1.54) is 22.0 Å². The number of aromatic nitrogens is 1. The van der Waals surface area contributed by atoms with Crippen LogP contribution in [-0.4, -0.2) is 23.1 Å². The van der Waals surface area contributed by atoms with Gasteiger partial charge in [-0.2, -0.15) is 4.99 Å². The molecule has 0 unspecified atom stereocenters. The highest BCUT2D eigenvalue weighted by atomic mass is 32.1. The van der Waals surface area contributed by atoms with Crippen LogP contribution in [-0.2, 0) is 20.9 Å². The van der Waals surface area contributed by atoms with Gasteiger partial charge in [-0.25, -0.2) is 8.78 Å². The normalized spacial score (nSPS) is 12.2. The molecule has 27 heavy (non-hydrogen) atoms. The topological polar surface area (TPSA) is 60.7 Å². The van der Waals surface area contributed by atoms with Gasteiger partial charge in [0.05, 0.1) is 16.8 Å². The molecule has 140 valence electrons. The average molecular weight is 408 g/mol. The van der Waals surface area contributed by atoms with Crippen molar-refractivity contribution in [2.24, 2.45) is 4.99 Å². The second-order valence-electron chi connectivity index (χ2n) is 5.31. The summed E-state index contributed by atoms with van der Waals surface area (Å²) in [6.45, 7) is 1.47. The lowest BCUT2D eigenvalue weighted by atomic mass is 10.3. The summed E-state index contributed by atoms with van der Waals surface area (Å²) in [6, 6.07) is 5.55. The number of amides is 1. The van der Waals surface area contributed by atoms with Gasteiger partial charge in [-0.1, -0.05) is 17.4 Å². The maximum absolute atomic E-state index is 14.3. The highest BCUT2D eigenvalue weighted by Crippen LogP contribution is 2.22. The Kier molecular flexibility index (Phi) is 5.92. The molecule has 0 aliphatic rings. The van der Waals surface area contributed by atoms with Crippen LogP contribution in [0.15, 0.2) is 40.7 Å². The first kappa shape index (κ1) is 19.1. The molecule has 2 aromatic heterocycles. The first-order valence-corrected chi connectivity index (χ1v) is 9.62. The zero-order valence-corrected chi connectivity index (χ0v) is 15.8. The zero-order valence-electron chi connectivity index (χ0n) is 14.1. The quantitative estimate of drug-likeness (QED) is 0.477. The lowest BCUT2D eigenvalue weighted by molar-refractivity contribution is -0.143. The fourth-order valence-corrected chi connectivity index (χ4v) is 4.06. The van der Waals surface area contributed by atoms with Gasteiger partial charge in [0.1, 0.15) is 12.4 Å². The summed E-state index contributed by atoms with van der Waals surface area (Å²) in [5, 5.41) is 1.87. The van der Waals surface area contributed by atoms with Crippen LogP contribution in [0.25, 0.3) is 16.3 Å². The molecule has 0 aliphatic heterocycles. The molecule has 2 heterocycles. The van der Waals surface area contributed by atoms with E-state index < -0.39 is 23.5 Å². The van der Waals surface area contributed by atoms with Crippen LogP contribution in [0.4, 0.5) is 8.78 Å². The third-order valence-electron chi connectivity index (χ3n) is 3.43. The molecular formula is C18H14F2N2O3S2. The van der Waals surface area contributed by atoms with Gasteiger partial charge in [0.25, 0.3) is 5.91 Å². The van der Waals surface area contributed by atoms with Crippen LogP contribution in [0, 0.1) is 11.6 Å². The van der Waals surface area contributed by atoms with Crippen molar-refractivity contribution in [3.63, 3.8) is 0 Å². The Morgan fingerprint density at radius 1 is 1.33 bits per heavy atom. The minimum Gasteiger partial charge on any atom is -0.465 e. The van der Waals surface area contributed by atoms with E-state index in [2.05, 4.69) is 4.99 Å². The van der Waals surface area contributed by atoms with Gasteiger partial charge in [0.15, 0.2) is 10.6 Å². The van der Waals surface area contributed by atoms with Gasteiger partial charge < -0.3 is 9.30 Å². The number of rotatable bonds is 5. The van der Waals surface area contributed by atoms with Crippen molar-refractivity contribution in [2.75, 3.05) is 6.61 Å². The molecule has 0 N–H and O–H groups in total. The molecule has 0 spiro atoms. The van der Waals surface area contributed by atoms with E-state index in [4.69, 9.17) is 4.74 Å². The molecule has 0 aliphatic carbocycles. The van der Waals surface area contributed by atoms with Crippen LogP contribution < -0.4 is 4.80 Å². The van der Waals surface area contributed by atoms with Crippen LogP contribution in [0.3, 0.4) is 0 Å². The summed E-state index contributed by atoms with van der Waals surface area (Å²) in [5.41, 5.74) is 0.00300. The van der Waals surface area contributed by atoms with E-state index in [0.717, 1.165) is 28.3 Å². The maximum atomic E-state index is 14.3. The molecule has 3 aromatic rings. The number of esters is 1. The molecule has 1 aromatic carbocycles. The summed E-state index contributed by atoms with van der Waals surface area (Å²) in [5.74, 6) is -2.77. The Bertz CT molecular complexity index is 1080. The molecule has 0 saturated heterocycles. The second kappa shape index (κ2) is 8.36. The van der Waals surface area contributed by atoms with Crippen LogP contribution in [0.2, 0.25) is 0 Å². The van der Waals surface area contributed by atoms with Crippen molar-refractivity contribution < 1.29 is 23.1 Å². The van der Waals surface area contributed by atoms with Crippen LogP contribution in [0.5, 0.6) is 0 Å². The van der Waals surface area contributed by atoms with Crippen molar-refractivity contribution in [3.8, 4) is 0 Å². The van der Waals surface area contributed by atoms with Crippen molar-refractivity contribution in [3.05, 3.63) is 57.0 Å². The van der Waals surface area contributed by atoms with Gasteiger partial charge in [-0.05, 0) is 30.5 Å². The summed E-state index contributed by atoms with van der Waals surface area (Å²) < 4.78 is 34.2. The molecule has 3 rings (SSSR count). The number of ether oxygens (including phenoxy) is 1. The SMILES string of the molecule is CCOC(=O)Cn1c(=NC(=O)C=Cc2cccs2)sc2cc(F)cc(F)c21. The number of benzene rings is 1. The van der Waals surface area contributed by atoms with Crippen molar-refractivity contribution in [1.82, 2.24) is 4.57 Å². The maximum Gasteiger partial charge on any atom is 0.326 e. The third-order valence-corrected chi connectivity index (χ3v) is 5.29. The predicted octanol–water partition coefficient (Wildman–Crippen LogP) is 3.75. The van der Waals surface area contributed by atoms with Gasteiger partial charge in [0, 0.05) is 17.0 Å². The number of halogens is 2. The van der Waals surface area contributed by atoms with Gasteiger partial charge in [-0.3, -0.25) is 9.59 Å². The van der Waals surface area contributed by atoms with Gasteiger partial charge >= 0.3 is 5.97 Å². The number of nitrogens with zero attached hydrogens (tertiary/aromatic N) is 2. The van der Waals surface area contributed by atoms with Crippen LogP contribution in [0.1, 0.15) is 11.8 Å². The highest BCUT2D eigenvalue weighted by molar-refractivity contribution is 7.16. The fraction of sp³-hybridized carbons (Fsp3) is 0.167. The first-order chi connectivity index (χ1) is 13.0. The number of thiazole rings is 1. The summed E-state index contributed by atoms with van der Waals surface area (Å²) in [6.07, 6.45) is 2.89. The lowest BCUT2D eigenvalue weighted by Gasteiger charge is -2.05. The summed E-state index contributed by atoms with van der Waals surface area (Å²) in [7, 11) is 0. The number of carbonyl (C=O) groups is 2. The first-order valence-electron chi connectivity index (χ1n) is 7.92. The molecule has 0 bridgehead atoms. The van der Waals surface area contributed by atoms with Crippen molar-refractivity contribution in [1.29, 1.82) is 0 Å².